The van der Waals surface area contributed by atoms with E-state index in [-0.39, 0.29) is 36.0 Å². The molecule has 0 spiro atoms. The molecule has 0 unspecified atom stereocenters. The van der Waals surface area contributed by atoms with Crippen molar-refractivity contribution >= 4 is 27.7 Å². The van der Waals surface area contributed by atoms with Crippen molar-refractivity contribution in [2.45, 2.75) is 69.5 Å². The molecule has 2 saturated heterocycles. The number of carbonyl (C=O) groups excluding carboxylic acids is 3. The number of nitrogens with zero attached hydrogens (tertiary/aromatic N) is 2. The van der Waals surface area contributed by atoms with Crippen molar-refractivity contribution in [1.82, 2.24) is 15.1 Å². The highest BCUT2D eigenvalue weighted by Crippen LogP contribution is 2.30. The average Bonchev–Trinajstić information content (AvgIpc) is 3.45. The standard InChI is InChI=1S/C23H31N3O5S/c1-23(13-11-17-7-3-2-4-8-17)21(28)25(22(29)24-23)15-20(27)26(18-9-5-6-10-18)19-12-14-32(30,31)16-19/h2-4,7-8,18-19H,5-6,9-16H2,1H3,(H,24,29)/t19-,23-/m0/s1. The van der Waals surface area contributed by atoms with Crippen LogP contribution in [-0.2, 0) is 25.8 Å². The maximum absolute atomic E-state index is 13.3. The zero-order valence-corrected chi connectivity index (χ0v) is 19.3. The van der Waals surface area contributed by atoms with Gasteiger partial charge in [-0.1, -0.05) is 43.2 Å². The molecule has 0 radical (unpaired) electrons. The number of hydrogen-bond donors (Lipinski definition) is 1. The van der Waals surface area contributed by atoms with Gasteiger partial charge in [0.2, 0.25) is 5.91 Å². The quantitative estimate of drug-likeness (QED) is 0.625. The van der Waals surface area contributed by atoms with Gasteiger partial charge in [0, 0.05) is 12.1 Å². The lowest BCUT2D eigenvalue weighted by atomic mass is 9.93. The van der Waals surface area contributed by atoms with Gasteiger partial charge in [-0.15, -0.1) is 0 Å². The summed E-state index contributed by atoms with van der Waals surface area (Å²) in [4.78, 5) is 41.8. The van der Waals surface area contributed by atoms with Crippen molar-refractivity contribution < 1.29 is 22.8 Å². The van der Waals surface area contributed by atoms with E-state index in [1.54, 1.807) is 11.8 Å². The van der Waals surface area contributed by atoms with E-state index in [1.165, 1.54) is 0 Å². The van der Waals surface area contributed by atoms with Crippen molar-refractivity contribution in [3.05, 3.63) is 35.9 Å². The molecule has 1 aliphatic carbocycles. The summed E-state index contributed by atoms with van der Waals surface area (Å²) in [6.07, 6.45) is 5.12. The molecule has 4 amide bonds. The fourth-order valence-electron chi connectivity index (χ4n) is 5.20. The van der Waals surface area contributed by atoms with Gasteiger partial charge in [0.25, 0.3) is 5.91 Å². The molecule has 0 bridgehead atoms. The number of rotatable bonds is 7. The normalized spacial score (nSPS) is 27.7. The average molecular weight is 462 g/mol. The summed E-state index contributed by atoms with van der Waals surface area (Å²) in [5, 5.41) is 2.77. The summed E-state index contributed by atoms with van der Waals surface area (Å²) < 4.78 is 24.1. The van der Waals surface area contributed by atoms with Crippen LogP contribution in [0, 0.1) is 0 Å². The lowest BCUT2D eigenvalue weighted by molar-refractivity contribution is -0.141. The molecule has 1 aromatic carbocycles. The largest absolute Gasteiger partial charge is 0.334 e. The third kappa shape index (κ3) is 4.67. The van der Waals surface area contributed by atoms with Gasteiger partial charge >= 0.3 is 6.03 Å². The van der Waals surface area contributed by atoms with E-state index in [9.17, 15) is 22.8 Å². The summed E-state index contributed by atoms with van der Waals surface area (Å²) >= 11 is 0. The summed E-state index contributed by atoms with van der Waals surface area (Å²) in [7, 11) is -3.16. The topological polar surface area (TPSA) is 104 Å². The van der Waals surface area contributed by atoms with Crippen molar-refractivity contribution in [3.8, 4) is 0 Å². The van der Waals surface area contributed by atoms with Gasteiger partial charge in [0.1, 0.15) is 12.1 Å². The maximum Gasteiger partial charge on any atom is 0.325 e. The van der Waals surface area contributed by atoms with Crippen LogP contribution in [0.1, 0.15) is 51.0 Å². The molecule has 1 saturated carbocycles. The zero-order valence-electron chi connectivity index (χ0n) is 18.5. The Hall–Kier alpha value is -2.42. The van der Waals surface area contributed by atoms with E-state index in [0.29, 0.717) is 19.3 Å². The summed E-state index contributed by atoms with van der Waals surface area (Å²) in [6, 6.07) is 8.77. The molecule has 1 aromatic rings. The first-order valence-electron chi connectivity index (χ1n) is 11.4. The van der Waals surface area contributed by atoms with Crippen molar-refractivity contribution in [3.63, 3.8) is 0 Å². The van der Waals surface area contributed by atoms with Crippen molar-refractivity contribution in [2.24, 2.45) is 0 Å². The molecule has 2 heterocycles. The fourth-order valence-corrected chi connectivity index (χ4v) is 6.91. The molecule has 9 heteroatoms. The van der Waals surface area contributed by atoms with Crippen LogP contribution in [0.3, 0.4) is 0 Å². The Morgan fingerprint density at radius 3 is 2.44 bits per heavy atom. The fraction of sp³-hybridized carbons (Fsp3) is 0.609. The molecular weight excluding hydrogens is 430 g/mol. The van der Waals surface area contributed by atoms with Crippen molar-refractivity contribution in [2.75, 3.05) is 18.1 Å². The Morgan fingerprint density at radius 1 is 1.12 bits per heavy atom. The first kappa shape index (κ1) is 22.8. The molecule has 3 fully saturated rings. The van der Waals surface area contributed by atoms with Crippen LogP contribution in [0.25, 0.3) is 0 Å². The van der Waals surface area contributed by atoms with Crippen LogP contribution in [0.4, 0.5) is 4.79 Å². The number of carbonyl (C=O) groups is 3. The molecule has 0 aromatic heterocycles. The Balaban J connectivity index is 1.46. The number of nitrogens with one attached hydrogen (secondary N) is 1. The number of aryl methyl sites for hydroxylation is 1. The van der Waals surface area contributed by atoms with Crippen LogP contribution in [-0.4, -0.2) is 71.7 Å². The Labute approximate surface area is 189 Å². The van der Waals surface area contributed by atoms with E-state index < -0.39 is 27.3 Å². The highest BCUT2D eigenvalue weighted by Gasteiger charge is 2.49. The minimum atomic E-state index is -3.16. The summed E-state index contributed by atoms with van der Waals surface area (Å²) in [5.41, 5.74) is 0.00221. The van der Waals surface area contributed by atoms with Gasteiger partial charge in [-0.3, -0.25) is 14.5 Å². The number of imide groups is 1. The number of benzene rings is 1. The predicted molar refractivity (Wildman–Crippen MR) is 120 cm³/mol. The second-order valence-corrected chi connectivity index (χ2v) is 11.7. The maximum atomic E-state index is 13.3. The lowest BCUT2D eigenvalue weighted by Gasteiger charge is -2.35. The third-order valence-electron chi connectivity index (χ3n) is 7.00. The predicted octanol–water partition coefficient (Wildman–Crippen LogP) is 1.89. The first-order chi connectivity index (χ1) is 15.2. The van der Waals surface area contributed by atoms with Gasteiger partial charge in [0.05, 0.1) is 11.5 Å². The molecule has 2 aliphatic heterocycles. The highest BCUT2D eigenvalue weighted by atomic mass is 32.2. The van der Waals surface area contributed by atoms with Gasteiger partial charge in [-0.2, -0.15) is 0 Å². The number of sulfone groups is 1. The molecule has 32 heavy (non-hydrogen) atoms. The van der Waals surface area contributed by atoms with Gasteiger partial charge in [0.15, 0.2) is 9.84 Å². The van der Waals surface area contributed by atoms with E-state index in [2.05, 4.69) is 5.32 Å². The summed E-state index contributed by atoms with van der Waals surface area (Å²) in [6.45, 7) is 1.34. The second-order valence-electron chi connectivity index (χ2n) is 9.44. The minimum absolute atomic E-state index is 0.0222. The third-order valence-corrected chi connectivity index (χ3v) is 8.75. The van der Waals surface area contributed by atoms with Crippen LogP contribution >= 0.6 is 0 Å². The SMILES string of the molecule is C[C@@]1(CCc2ccccc2)NC(=O)N(CC(=O)N(C2CCCC2)[C@H]2CCS(=O)(=O)C2)C1=O. The van der Waals surface area contributed by atoms with Gasteiger partial charge in [-0.25, -0.2) is 13.2 Å². The van der Waals surface area contributed by atoms with Crippen LogP contribution in [0.5, 0.6) is 0 Å². The molecule has 4 rings (SSSR count). The van der Waals surface area contributed by atoms with Gasteiger partial charge in [-0.05, 0) is 44.6 Å². The van der Waals surface area contributed by atoms with Gasteiger partial charge < -0.3 is 10.2 Å². The number of urea groups is 1. The monoisotopic (exact) mass is 461 g/mol. The molecule has 2 atom stereocenters. The minimum Gasteiger partial charge on any atom is -0.334 e. The lowest BCUT2D eigenvalue weighted by Crippen LogP contribution is -2.52. The zero-order chi connectivity index (χ0) is 22.9. The molecule has 3 aliphatic rings. The smallest absolute Gasteiger partial charge is 0.325 e. The second kappa shape index (κ2) is 8.84. The molecule has 1 N–H and O–H groups in total. The highest BCUT2D eigenvalue weighted by molar-refractivity contribution is 7.91. The van der Waals surface area contributed by atoms with Crippen LogP contribution < -0.4 is 5.32 Å². The Morgan fingerprint density at radius 2 is 1.81 bits per heavy atom. The van der Waals surface area contributed by atoms with Crippen LogP contribution in [0.15, 0.2) is 30.3 Å². The Bertz CT molecular complexity index is 990. The van der Waals surface area contributed by atoms with E-state index >= 15 is 0 Å². The number of amides is 4. The molecular formula is C23H31N3O5S. The Kier molecular flexibility index (Phi) is 6.29. The first-order valence-corrected chi connectivity index (χ1v) is 13.2. The van der Waals surface area contributed by atoms with Crippen LogP contribution in [0.2, 0.25) is 0 Å². The van der Waals surface area contributed by atoms with E-state index in [1.807, 2.05) is 30.3 Å². The van der Waals surface area contributed by atoms with E-state index in [0.717, 1.165) is 36.1 Å². The van der Waals surface area contributed by atoms with Crippen molar-refractivity contribution in [1.29, 1.82) is 0 Å². The summed E-state index contributed by atoms with van der Waals surface area (Å²) in [5.74, 6) is -0.703. The van der Waals surface area contributed by atoms with E-state index in [4.69, 9.17) is 0 Å². The number of hydrogen-bond acceptors (Lipinski definition) is 5. The molecule has 174 valence electrons. The molecule has 8 nitrogen and oxygen atoms in total.